The molecule has 0 fully saturated rings. The third kappa shape index (κ3) is 13.2. The van der Waals surface area contributed by atoms with Crippen LogP contribution in [0.25, 0.3) is 0 Å². The topological polar surface area (TPSA) is 107 Å². The Balaban J connectivity index is -0.000000107. The van der Waals surface area contributed by atoms with Crippen LogP contribution in [0.4, 0.5) is 0 Å². The van der Waals surface area contributed by atoms with Crippen LogP contribution in [0, 0.1) is 0 Å². The Morgan fingerprint density at radius 3 is 1.75 bits per heavy atom. The minimum atomic E-state index is 0. The van der Waals surface area contributed by atoms with Crippen LogP contribution in [0.2, 0.25) is 0 Å². The number of nitrogens with zero attached hydrogens (tertiary/aromatic N) is 1. The van der Waals surface area contributed by atoms with Gasteiger partial charge in [-0.1, -0.05) is 0 Å². The van der Waals surface area contributed by atoms with E-state index < -0.39 is 0 Å². The molecule has 0 amide bonds. The molecule has 0 bridgehead atoms. The second-order valence-corrected chi connectivity index (χ2v) is 2.70. The van der Waals surface area contributed by atoms with Gasteiger partial charge in [-0.2, -0.15) is 0 Å². The quantitative estimate of drug-likeness (QED) is 0.543. The van der Waals surface area contributed by atoms with Crippen molar-refractivity contribution in [3.63, 3.8) is 0 Å². The zero-order valence-electron chi connectivity index (χ0n) is 7.68. The molecule has 12 heavy (non-hydrogen) atoms. The van der Waals surface area contributed by atoms with Crippen molar-refractivity contribution in [1.29, 1.82) is 0 Å². The number of likely N-dealkylation sites (N-methyl/N-ethyl adjacent to an activating group) is 1. The van der Waals surface area contributed by atoms with Crippen molar-refractivity contribution in [3.05, 3.63) is 0 Å². The number of hydrogen-bond donors (Lipinski definition) is 0. The smallest absolute Gasteiger partial charge is 0.412 e. The second-order valence-electron chi connectivity index (χ2n) is 1.88. The molecule has 0 rings (SSSR count). The van der Waals surface area contributed by atoms with Gasteiger partial charge in [0.2, 0.25) is 0 Å². The van der Waals surface area contributed by atoms with E-state index in [0.717, 1.165) is 26.2 Å². The molecule has 6 N–H and O–H groups in total. The maximum Gasteiger partial charge on any atom is -0.412 e. The molecule has 0 aromatic carbocycles. The van der Waals surface area contributed by atoms with E-state index in [1.165, 1.54) is 22.9 Å². The maximum atomic E-state index is 5.02. The fourth-order valence-corrected chi connectivity index (χ4v) is 0.975. The molecular weight excluding hydrogens is 269 g/mol. The molecule has 0 aliphatic carbocycles. The third-order valence-electron chi connectivity index (χ3n) is 1.40. The summed E-state index contributed by atoms with van der Waals surface area (Å²) in [5, 5.41) is 0. The zero-order valence-corrected chi connectivity index (χ0v) is 10.5. The van der Waals surface area contributed by atoms with Crippen LogP contribution < -0.4 is 0 Å². The molecule has 0 spiro atoms. The molecule has 0 atom stereocenters. The van der Waals surface area contributed by atoms with Gasteiger partial charge in [-0.15, -0.1) is 0 Å². The Kier molecular flexibility index (Phi) is 33.7. The molecule has 0 saturated carbocycles. The summed E-state index contributed by atoms with van der Waals surface area (Å²) in [6.07, 6.45) is 0. The Bertz CT molecular complexity index is 63.5. The Hall–Kier alpha value is 0.599. The molecule has 0 unspecified atom stereocenters. The van der Waals surface area contributed by atoms with Gasteiger partial charge in [0.1, 0.15) is 0 Å². The summed E-state index contributed by atoms with van der Waals surface area (Å²) >= 11 is 1.18. The Morgan fingerprint density at radius 2 is 1.50 bits per heavy atom. The molecule has 0 saturated heterocycles. The van der Waals surface area contributed by atoms with Crippen molar-refractivity contribution in [3.8, 4) is 0 Å². The summed E-state index contributed by atoms with van der Waals surface area (Å²) < 4.78 is 5.02. The van der Waals surface area contributed by atoms with E-state index in [0.29, 0.717) is 0 Å². The fraction of sp³-hybridized carbons (Fsp3) is 1.00. The van der Waals surface area contributed by atoms with Crippen molar-refractivity contribution < 1.29 is 19.5 Å². The van der Waals surface area contributed by atoms with E-state index in [1.54, 1.807) is 0 Å². The van der Waals surface area contributed by atoms with Crippen LogP contribution >= 0.6 is 0 Å². The van der Waals surface area contributed by atoms with Gasteiger partial charge < -0.3 is 16.4 Å². The fourth-order valence-electron chi connectivity index (χ4n) is 0.715. The number of rotatable bonds is 5. The van der Waals surface area contributed by atoms with E-state index in [2.05, 4.69) is 18.7 Å². The van der Waals surface area contributed by atoms with Crippen LogP contribution in [0.5, 0.6) is 0 Å². The van der Waals surface area contributed by atoms with Gasteiger partial charge in [-0.3, -0.25) is 0 Å². The average molecular weight is 289 g/mol. The summed E-state index contributed by atoms with van der Waals surface area (Å²) in [7, 11) is 0. The molecule has 0 aromatic heterocycles. The van der Waals surface area contributed by atoms with Crippen LogP contribution in [0.1, 0.15) is 13.8 Å². The van der Waals surface area contributed by atoms with Crippen molar-refractivity contribution in [2.45, 2.75) is 13.8 Å². The van der Waals surface area contributed by atoms with Gasteiger partial charge in [0.05, 0.1) is 0 Å². The summed E-state index contributed by atoms with van der Waals surface area (Å²) in [5.41, 5.74) is 0. The zero-order chi connectivity index (χ0) is 7.11. The standard InChI is InChI=1S/C6H14NO.3H2O.Sn/c1-3-7(4-2)5-6-8;;;;/h3-6H2,1-2H3;3*1H2;/q-1;;;;+1. The minimum Gasteiger partial charge on any atom is -0.412 e. The maximum absolute atomic E-state index is 5.02. The van der Waals surface area contributed by atoms with Gasteiger partial charge in [0.15, 0.2) is 0 Å². The van der Waals surface area contributed by atoms with Gasteiger partial charge >= 0.3 is 71.0 Å². The Morgan fingerprint density at radius 1 is 1.08 bits per heavy atom. The molecular formula is C6H20NO4Sn. The van der Waals surface area contributed by atoms with Crippen LogP contribution in [0.3, 0.4) is 0 Å². The SMILES string of the molecule is CCN(CC)CC[O][Sn].O.O.O. The largest absolute Gasteiger partial charge is 0.412 e. The van der Waals surface area contributed by atoms with Gasteiger partial charge in [-0.25, -0.2) is 0 Å². The molecule has 0 aliphatic rings. The van der Waals surface area contributed by atoms with Crippen LogP contribution in [-0.4, -0.2) is 70.5 Å². The van der Waals surface area contributed by atoms with E-state index >= 15 is 0 Å². The van der Waals surface area contributed by atoms with Gasteiger partial charge in [0.25, 0.3) is 0 Å². The molecule has 77 valence electrons. The van der Waals surface area contributed by atoms with E-state index in [1.807, 2.05) is 0 Å². The average Bonchev–Trinajstić information content (AvgIpc) is 1.91. The van der Waals surface area contributed by atoms with Crippen LogP contribution in [0.15, 0.2) is 0 Å². The predicted octanol–water partition coefficient (Wildman–Crippen LogP) is -2.05. The molecule has 5 nitrogen and oxygen atoms in total. The van der Waals surface area contributed by atoms with Gasteiger partial charge in [0, 0.05) is 0 Å². The van der Waals surface area contributed by atoms with E-state index in [4.69, 9.17) is 3.07 Å². The van der Waals surface area contributed by atoms with Crippen molar-refractivity contribution in [2.24, 2.45) is 0 Å². The second kappa shape index (κ2) is 17.6. The van der Waals surface area contributed by atoms with Crippen molar-refractivity contribution in [2.75, 3.05) is 26.2 Å². The van der Waals surface area contributed by atoms with Crippen molar-refractivity contribution in [1.82, 2.24) is 4.90 Å². The number of hydrogen-bond acceptors (Lipinski definition) is 2. The molecule has 0 aliphatic heterocycles. The first-order chi connectivity index (χ1) is 4.35. The molecule has 0 aromatic rings. The summed E-state index contributed by atoms with van der Waals surface area (Å²) in [6.45, 7) is 8.59. The summed E-state index contributed by atoms with van der Waals surface area (Å²) in [6, 6.07) is 0. The predicted molar refractivity (Wildman–Crippen MR) is 50.3 cm³/mol. The summed E-state index contributed by atoms with van der Waals surface area (Å²) in [4.78, 5) is 2.35. The normalized spacial score (nSPS) is 8.00. The van der Waals surface area contributed by atoms with E-state index in [-0.39, 0.29) is 16.4 Å². The van der Waals surface area contributed by atoms with Gasteiger partial charge in [-0.05, 0) is 0 Å². The third-order valence-corrected chi connectivity index (χ3v) is 1.99. The molecule has 3 radical (unpaired) electrons. The van der Waals surface area contributed by atoms with Crippen molar-refractivity contribution >= 4 is 22.9 Å². The monoisotopic (exact) mass is 290 g/mol. The van der Waals surface area contributed by atoms with Crippen LogP contribution in [-0.2, 0) is 3.07 Å². The minimum absolute atomic E-state index is 0. The summed E-state index contributed by atoms with van der Waals surface area (Å²) in [5.74, 6) is 0. The molecule has 0 heterocycles. The van der Waals surface area contributed by atoms with E-state index in [9.17, 15) is 0 Å². The first-order valence-electron chi connectivity index (χ1n) is 3.36. The first kappa shape index (κ1) is 22.9. The molecule has 6 heteroatoms. The first-order valence-corrected chi connectivity index (χ1v) is 4.52. The Labute approximate surface area is 87.6 Å².